The lowest BCUT2D eigenvalue weighted by Crippen LogP contribution is -2.63. The van der Waals surface area contributed by atoms with Gasteiger partial charge in [0.25, 0.3) is 17.7 Å². The van der Waals surface area contributed by atoms with Gasteiger partial charge in [0.15, 0.2) is 0 Å². The Hall–Kier alpha value is -4.49. The van der Waals surface area contributed by atoms with Crippen molar-refractivity contribution in [1.82, 2.24) is 20.4 Å². The van der Waals surface area contributed by atoms with Crippen molar-refractivity contribution in [2.24, 2.45) is 16.7 Å². The first kappa shape index (κ1) is 32.1. The number of piperidine rings is 2. The molecule has 1 unspecified atom stereocenters. The van der Waals surface area contributed by atoms with Crippen LogP contribution in [0.25, 0.3) is 0 Å². The summed E-state index contributed by atoms with van der Waals surface area (Å²) in [6.07, 6.45) is 3.34. The lowest BCUT2D eigenvalue weighted by molar-refractivity contribution is -0.136. The predicted octanol–water partition coefficient (Wildman–Crippen LogP) is 3.59. The fraction of sp³-hybridized carbons (Fsp3) is 0.500. The van der Waals surface area contributed by atoms with Gasteiger partial charge in [-0.2, -0.15) is 0 Å². The van der Waals surface area contributed by atoms with Gasteiger partial charge in [0.05, 0.1) is 11.1 Å². The second-order valence-corrected chi connectivity index (χ2v) is 15.5. The number of nitrogens with zero attached hydrogens (tertiary/aromatic N) is 3. The summed E-state index contributed by atoms with van der Waals surface area (Å²) in [5.74, 6) is 5.13. The van der Waals surface area contributed by atoms with Crippen LogP contribution < -0.4 is 15.5 Å². The van der Waals surface area contributed by atoms with Crippen LogP contribution in [-0.4, -0.2) is 83.6 Å². The SMILES string of the molecule is CC1(C)CC(C)(C)C1NC(=O)c1ccc(C#CC2CCN(C3CN(c4ccc5c(c4)C(=O)N(C4CCC(=O)NC4=O)C5=O)C3)CC2)cc1. The van der Waals surface area contributed by atoms with Crippen LogP contribution >= 0.6 is 0 Å². The van der Waals surface area contributed by atoms with Gasteiger partial charge < -0.3 is 10.2 Å². The van der Waals surface area contributed by atoms with Gasteiger partial charge >= 0.3 is 0 Å². The van der Waals surface area contributed by atoms with Gasteiger partial charge in [-0.15, -0.1) is 0 Å². The predicted molar refractivity (Wildman–Crippen MR) is 180 cm³/mol. The molecule has 0 spiro atoms. The molecule has 1 saturated carbocycles. The van der Waals surface area contributed by atoms with Crippen molar-refractivity contribution in [2.45, 2.75) is 77.9 Å². The standard InChI is InChI=1S/C38H43N5O5/c1-37(2)22-38(3,4)36(37)40-32(45)25-9-7-23(8-10-25)5-6-24-15-17-41(18-16-24)27-20-42(21-27)26-11-12-28-29(19-26)35(48)43(34(28)47)30-13-14-31(44)39-33(30)46/h7-12,19,24,27,30,36H,13-18,20-22H2,1-4H3,(H,40,45)(H,39,44,46). The summed E-state index contributed by atoms with van der Waals surface area (Å²) in [4.78, 5) is 68.8. The highest BCUT2D eigenvalue weighted by molar-refractivity contribution is 6.23. The summed E-state index contributed by atoms with van der Waals surface area (Å²) >= 11 is 0. The van der Waals surface area contributed by atoms with Crippen molar-refractivity contribution in [3.05, 3.63) is 64.7 Å². The number of hydrogen-bond acceptors (Lipinski definition) is 7. The van der Waals surface area contributed by atoms with E-state index in [1.54, 1.807) is 12.1 Å². The third-order valence-electron chi connectivity index (χ3n) is 11.0. The second kappa shape index (κ2) is 11.9. The molecular formula is C38H43N5O5. The Kier molecular flexibility index (Phi) is 7.94. The van der Waals surface area contributed by atoms with Crippen molar-refractivity contribution in [3.63, 3.8) is 0 Å². The highest BCUT2D eigenvalue weighted by Crippen LogP contribution is 2.53. The normalized spacial score (nSPS) is 24.3. The van der Waals surface area contributed by atoms with Crippen LogP contribution in [0.2, 0.25) is 0 Å². The number of imide groups is 2. The summed E-state index contributed by atoms with van der Waals surface area (Å²) in [5, 5.41) is 5.48. The molecule has 4 fully saturated rings. The Morgan fingerprint density at radius 3 is 2.19 bits per heavy atom. The molecule has 5 aliphatic rings. The van der Waals surface area contributed by atoms with E-state index in [4.69, 9.17) is 0 Å². The molecule has 0 radical (unpaired) electrons. The summed E-state index contributed by atoms with van der Waals surface area (Å²) in [5.41, 5.74) is 3.29. The average molecular weight is 650 g/mol. The Morgan fingerprint density at radius 1 is 0.875 bits per heavy atom. The number of carbonyl (C=O) groups excluding carboxylic acids is 5. The molecule has 10 nitrogen and oxygen atoms in total. The number of nitrogens with one attached hydrogen (secondary N) is 2. The molecule has 1 atom stereocenters. The van der Waals surface area contributed by atoms with E-state index in [9.17, 15) is 24.0 Å². The first-order chi connectivity index (χ1) is 22.8. The number of anilines is 1. The van der Waals surface area contributed by atoms with Crippen molar-refractivity contribution >= 4 is 35.2 Å². The molecule has 0 aromatic heterocycles. The van der Waals surface area contributed by atoms with Gasteiger partial charge in [-0.05, 0) is 92.1 Å². The van der Waals surface area contributed by atoms with E-state index in [1.165, 1.54) is 0 Å². The molecule has 2 aromatic rings. The first-order valence-electron chi connectivity index (χ1n) is 17.1. The molecule has 10 heteroatoms. The molecule has 4 heterocycles. The lowest BCUT2D eigenvalue weighted by atomic mass is 9.52. The topological polar surface area (TPSA) is 119 Å². The van der Waals surface area contributed by atoms with Gasteiger partial charge in [-0.3, -0.25) is 39.1 Å². The zero-order valence-electron chi connectivity index (χ0n) is 28.1. The van der Waals surface area contributed by atoms with Gasteiger partial charge in [0, 0.05) is 54.3 Å². The average Bonchev–Trinajstić information content (AvgIpc) is 3.27. The van der Waals surface area contributed by atoms with E-state index in [-0.39, 0.29) is 41.5 Å². The fourth-order valence-corrected chi connectivity index (χ4v) is 8.76. The first-order valence-corrected chi connectivity index (χ1v) is 17.1. The zero-order valence-corrected chi connectivity index (χ0v) is 28.1. The number of carbonyl (C=O) groups is 5. The van der Waals surface area contributed by atoms with Gasteiger partial charge in [0.2, 0.25) is 11.8 Å². The summed E-state index contributed by atoms with van der Waals surface area (Å²) in [7, 11) is 0. The van der Waals surface area contributed by atoms with E-state index in [0.29, 0.717) is 28.7 Å². The summed E-state index contributed by atoms with van der Waals surface area (Å²) in [6, 6.07) is 12.5. The van der Waals surface area contributed by atoms with Crippen LogP contribution in [0.15, 0.2) is 42.5 Å². The number of likely N-dealkylation sites (tertiary alicyclic amines) is 1. The molecule has 3 saturated heterocycles. The van der Waals surface area contributed by atoms with Gasteiger partial charge in [0.1, 0.15) is 6.04 Å². The van der Waals surface area contributed by atoms with Crippen LogP contribution in [0.4, 0.5) is 5.69 Å². The van der Waals surface area contributed by atoms with E-state index in [1.807, 2.05) is 30.3 Å². The minimum absolute atomic E-state index is 0.0292. The largest absolute Gasteiger partial charge is 0.368 e. The number of amides is 5. The molecule has 2 aromatic carbocycles. The number of hydrogen-bond donors (Lipinski definition) is 2. The smallest absolute Gasteiger partial charge is 0.262 e. The Bertz CT molecular complexity index is 1740. The molecule has 0 bridgehead atoms. The molecular weight excluding hydrogens is 606 g/mol. The monoisotopic (exact) mass is 649 g/mol. The number of fused-ring (bicyclic) bond motifs is 1. The van der Waals surface area contributed by atoms with Crippen molar-refractivity contribution in [1.29, 1.82) is 0 Å². The van der Waals surface area contributed by atoms with E-state index >= 15 is 0 Å². The Labute approximate surface area is 281 Å². The van der Waals surface area contributed by atoms with Crippen LogP contribution in [-0.2, 0) is 9.59 Å². The van der Waals surface area contributed by atoms with Crippen molar-refractivity contribution in [3.8, 4) is 11.8 Å². The van der Waals surface area contributed by atoms with E-state index in [2.05, 4.69) is 60.0 Å². The van der Waals surface area contributed by atoms with Crippen LogP contribution in [0.1, 0.15) is 96.4 Å². The molecule has 2 N–H and O–H groups in total. The molecule has 4 aliphatic heterocycles. The molecule has 5 amide bonds. The van der Waals surface area contributed by atoms with E-state index < -0.39 is 23.8 Å². The van der Waals surface area contributed by atoms with Crippen LogP contribution in [0.3, 0.4) is 0 Å². The highest BCUT2D eigenvalue weighted by Gasteiger charge is 2.53. The maximum Gasteiger partial charge on any atom is 0.262 e. The van der Waals surface area contributed by atoms with Crippen molar-refractivity contribution < 1.29 is 24.0 Å². The molecule has 48 heavy (non-hydrogen) atoms. The Balaban J connectivity index is 0.885. The molecule has 7 rings (SSSR count). The number of rotatable bonds is 5. The van der Waals surface area contributed by atoms with Crippen molar-refractivity contribution in [2.75, 3.05) is 31.1 Å². The van der Waals surface area contributed by atoms with Crippen LogP contribution in [0.5, 0.6) is 0 Å². The summed E-state index contributed by atoms with van der Waals surface area (Å²) in [6.45, 7) is 12.5. The minimum atomic E-state index is -0.962. The third kappa shape index (κ3) is 5.79. The Morgan fingerprint density at radius 2 is 1.54 bits per heavy atom. The van der Waals surface area contributed by atoms with Gasteiger partial charge in [-0.25, -0.2) is 0 Å². The van der Waals surface area contributed by atoms with E-state index in [0.717, 1.165) is 61.6 Å². The molecule has 1 aliphatic carbocycles. The molecule has 250 valence electrons. The minimum Gasteiger partial charge on any atom is -0.368 e. The highest BCUT2D eigenvalue weighted by atomic mass is 16.2. The fourth-order valence-electron chi connectivity index (χ4n) is 8.76. The second-order valence-electron chi connectivity index (χ2n) is 15.5. The third-order valence-corrected chi connectivity index (χ3v) is 11.0. The lowest BCUT2D eigenvalue weighted by Gasteiger charge is -2.57. The maximum atomic E-state index is 13.2. The van der Waals surface area contributed by atoms with Crippen LogP contribution in [0, 0.1) is 28.6 Å². The number of benzene rings is 2. The van der Waals surface area contributed by atoms with Gasteiger partial charge in [-0.1, -0.05) is 39.5 Å². The maximum absolute atomic E-state index is 13.2. The summed E-state index contributed by atoms with van der Waals surface area (Å²) < 4.78 is 0. The quantitative estimate of drug-likeness (QED) is 0.376. The zero-order chi connectivity index (χ0) is 34.0.